The van der Waals surface area contributed by atoms with E-state index in [9.17, 15) is 9.18 Å². The van der Waals surface area contributed by atoms with Crippen LogP contribution in [0.1, 0.15) is 10.4 Å². The van der Waals surface area contributed by atoms with E-state index in [-0.39, 0.29) is 27.8 Å². The van der Waals surface area contributed by atoms with Crippen LogP contribution in [0.4, 0.5) is 10.1 Å². The van der Waals surface area contributed by atoms with Crippen molar-refractivity contribution in [2.24, 2.45) is 0 Å². The monoisotopic (exact) mass is 315 g/mol. The number of nitrogen functional groups attached to an aromatic ring is 1. The SMILES string of the molecule is Nc1cc(F)c(Oc2ccc(Cl)cc2Cl)cc1C(=O)O. The number of ether oxygens (including phenoxy) is 1. The summed E-state index contributed by atoms with van der Waals surface area (Å²) in [6.07, 6.45) is 0. The fourth-order valence-corrected chi connectivity index (χ4v) is 1.96. The number of benzene rings is 2. The minimum Gasteiger partial charge on any atom is -0.478 e. The molecule has 0 atom stereocenters. The Bertz CT molecular complexity index is 692. The summed E-state index contributed by atoms with van der Waals surface area (Å²) in [6.45, 7) is 0. The van der Waals surface area contributed by atoms with Crippen molar-refractivity contribution in [2.75, 3.05) is 5.73 Å². The van der Waals surface area contributed by atoms with Gasteiger partial charge in [0, 0.05) is 22.8 Å². The molecule has 0 radical (unpaired) electrons. The average molecular weight is 316 g/mol. The normalized spacial score (nSPS) is 10.3. The molecule has 0 aliphatic carbocycles. The molecule has 0 aromatic heterocycles. The van der Waals surface area contributed by atoms with Gasteiger partial charge < -0.3 is 15.6 Å². The van der Waals surface area contributed by atoms with Crippen LogP contribution >= 0.6 is 23.2 Å². The summed E-state index contributed by atoms with van der Waals surface area (Å²) in [5, 5.41) is 9.50. The number of carboxylic acid groups (broad SMARTS) is 1. The van der Waals surface area contributed by atoms with E-state index in [2.05, 4.69) is 0 Å². The molecule has 0 aliphatic heterocycles. The highest BCUT2D eigenvalue weighted by Gasteiger charge is 2.15. The first-order valence-electron chi connectivity index (χ1n) is 5.33. The second kappa shape index (κ2) is 5.56. The molecule has 0 unspecified atom stereocenters. The molecule has 3 N–H and O–H groups in total. The number of anilines is 1. The lowest BCUT2D eigenvalue weighted by Gasteiger charge is -2.10. The van der Waals surface area contributed by atoms with Crippen LogP contribution < -0.4 is 10.5 Å². The number of hydrogen-bond donors (Lipinski definition) is 2. The Kier molecular flexibility index (Phi) is 4.01. The van der Waals surface area contributed by atoms with Gasteiger partial charge in [-0.05, 0) is 18.2 Å². The maximum atomic E-state index is 13.7. The maximum absolute atomic E-state index is 13.7. The van der Waals surface area contributed by atoms with Crippen LogP contribution in [0.25, 0.3) is 0 Å². The number of carboxylic acids is 1. The van der Waals surface area contributed by atoms with Crippen LogP contribution in [0.2, 0.25) is 10.0 Å². The summed E-state index contributed by atoms with van der Waals surface area (Å²) in [4.78, 5) is 10.9. The molecule has 0 heterocycles. The lowest BCUT2D eigenvalue weighted by molar-refractivity contribution is 0.0697. The van der Waals surface area contributed by atoms with Gasteiger partial charge >= 0.3 is 5.97 Å². The third-order valence-electron chi connectivity index (χ3n) is 2.45. The van der Waals surface area contributed by atoms with Gasteiger partial charge in [-0.2, -0.15) is 0 Å². The third-order valence-corrected chi connectivity index (χ3v) is 2.98. The molecule has 0 saturated heterocycles. The smallest absolute Gasteiger partial charge is 0.337 e. The number of halogens is 3. The summed E-state index contributed by atoms with van der Waals surface area (Å²) in [5.74, 6) is -2.22. The van der Waals surface area contributed by atoms with E-state index < -0.39 is 11.8 Å². The predicted molar refractivity (Wildman–Crippen MR) is 74.3 cm³/mol. The van der Waals surface area contributed by atoms with Crippen molar-refractivity contribution in [3.63, 3.8) is 0 Å². The Morgan fingerprint density at radius 1 is 1.20 bits per heavy atom. The van der Waals surface area contributed by atoms with E-state index in [0.717, 1.165) is 12.1 Å². The van der Waals surface area contributed by atoms with E-state index in [1.807, 2.05) is 0 Å². The van der Waals surface area contributed by atoms with E-state index >= 15 is 0 Å². The molecule has 0 spiro atoms. The second-order valence-electron chi connectivity index (χ2n) is 3.85. The van der Waals surface area contributed by atoms with Gasteiger partial charge in [0.25, 0.3) is 0 Å². The van der Waals surface area contributed by atoms with E-state index in [0.29, 0.717) is 5.02 Å². The van der Waals surface area contributed by atoms with Crippen molar-refractivity contribution in [3.05, 3.63) is 51.8 Å². The van der Waals surface area contributed by atoms with Crippen molar-refractivity contribution < 1.29 is 19.0 Å². The molecule has 2 aromatic carbocycles. The van der Waals surface area contributed by atoms with E-state index in [1.54, 1.807) is 0 Å². The molecule has 2 rings (SSSR count). The zero-order chi connectivity index (χ0) is 14.9. The molecular formula is C13H8Cl2FNO3. The molecule has 0 fully saturated rings. The van der Waals surface area contributed by atoms with Crippen LogP contribution in [-0.2, 0) is 0 Å². The molecule has 20 heavy (non-hydrogen) atoms. The summed E-state index contributed by atoms with van der Waals surface area (Å²) < 4.78 is 19.0. The molecule has 0 amide bonds. The summed E-state index contributed by atoms with van der Waals surface area (Å²) >= 11 is 11.6. The summed E-state index contributed by atoms with van der Waals surface area (Å²) in [5.41, 5.74) is 4.97. The third kappa shape index (κ3) is 2.95. The van der Waals surface area contributed by atoms with Crippen molar-refractivity contribution >= 4 is 34.9 Å². The van der Waals surface area contributed by atoms with Crippen LogP contribution in [0, 0.1) is 5.82 Å². The van der Waals surface area contributed by atoms with Gasteiger partial charge in [0.1, 0.15) is 5.75 Å². The van der Waals surface area contributed by atoms with Gasteiger partial charge in [0.15, 0.2) is 11.6 Å². The number of hydrogen-bond acceptors (Lipinski definition) is 3. The standard InChI is InChI=1S/C13H8Cl2FNO3/c14-6-1-2-11(8(15)3-6)20-12-4-7(13(18)19)10(17)5-9(12)16/h1-5H,17H2,(H,18,19). The van der Waals surface area contributed by atoms with Crippen molar-refractivity contribution in [1.29, 1.82) is 0 Å². The van der Waals surface area contributed by atoms with Crippen molar-refractivity contribution in [2.45, 2.75) is 0 Å². The zero-order valence-electron chi connectivity index (χ0n) is 9.86. The Balaban J connectivity index is 2.43. The van der Waals surface area contributed by atoms with E-state index in [4.69, 9.17) is 38.8 Å². The minimum absolute atomic E-state index is 0.149. The Labute approximate surface area is 123 Å². The summed E-state index contributed by atoms with van der Waals surface area (Å²) in [7, 11) is 0. The highest BCUT2D eigenvalue weighted by atomic mass is 35.5. The van der Waals surface area contributed by atoms with Crippen LogP contribution in [0.3, 0.4) is 0 Å². The number of rotatable bonds is 3. The fraction of sp³-hybridized carbons (Fsp3) is 0. The van der Waals surface area contributed by atoms with Gasteiger partial charge in [-0.3, -0.25) is 0 Å². The number of nitrogens with two attached hydrogens (primary N) is 1. The van der Waals surface area contributed by atoms with E-state index in [1.165, 1.54) is 18.2 Å². The fourth-order valence-electron chi connectivity index (χ4n) is 1.51. The Morgan fingerprint density at radius 3 is 2.50 bits per heavy atom. The first-order valence-corrected chi connectivity index (χ1v) is 6.09. The highest BCUT2D eigenvalue weighted by molar-refractivity contribution is 6.35. The average Bonchev–Trinajstić information content (AvgIpc) is 2.35. The Hall–Kier alpha value is -1.98. The molecule has 0 saturated carbocycles. The van der Waals surface area contributed by atoms with Gasteiger partial charge in [-0.1, -0.05) is 23.2 Å². The lowest BCUT2D eigenvalue weighted by atomic mass is 10.1. The van der Waals surface area contributed by atoms with Gasteiger partial charge in [0.05, 0.1) is 10.6 Å². The molecule has 104 valence electrons. The van der Waals surface area contributed by atoms with Crippen molar-refractivity contribution in [1.82, 2.24) is 0 Å². The van der Waals surface area contributed by atoms with Crippen LogP contribution in [-0.4, -0.2) is 11.1 Å². The van der Waals surface area contributed by atoms with Crippen LogP contribution in [0.5, 0.6) is 11.5 Å². The molecule has 0 aliphatic rings. The van der Waals surface area contributed by atoms with Gasteiger partial charge in [-0.25, -0.2) is 9.18 Å². The predicted octanol–water partition coefficient (Wildman–Crippen LogP) is 4.21. The first kappa shape index (κ1) is 14.4. The van der Waals surface area contributed by atoms with Gasteiger partial charge in [-0.15, -0.1) is 0 Å². The molecule has 0 bridgehead atoms. The van der Waals surface area contributed by atoms with Crippen LogP contribution in [0.15, 0.2) is 30.3 Å². The molecule has 4 nitrogen and oxygen atoms in total. The molecule has 2 aromatic rings. The minimum atomic E-state index is -1.28. The van der Waals surface area contributed by atoms with Gasteiger partial charge in [0.2, 0.25) is 0 Å². The summed E-state index contributed by atoms with van der Waals surface area (Å²) in [6, 6.07) is 6.25. The van der Waals surface area contributed by atoms with Crippen molar-refractivity contribution in [3.8, 4) is 11.5 Å². The second-order valence-corrected chi connectivity index (χ2v) is 4.70. The topological polar surface area (TPSA) is 72.5 Å². The Morgan fingerprint density at radius 2 is 1.90 bits per heavy atom. The first-order chi connectivity index (χ1) is 9.38. The largest absolute Gasteiger partial charge is 0.478 e. The zero-order valence-corrected chi connectivity index (χ0v) is 11.4. The molecular weight excluding hydrogens is 308 g/mol. The number of carbonyl (C=O) groups is 1. The number of aromatic carboxylic acids is 1. The molecule has 7 heteroatoms. The lowest BCUT2D eigenvalue weighted by Crippen LogP contribution is -2.04. The highest BCUT2D eigenvalue weighted by Crippen LogP contribution is 2.34. The maximum Gasteiger partial charge on any atom is 0.337 e. The quantitative estimate of drug-likeness (QED) is 0.832.